The fourth-order valence-electron chi connectivity index (χ4n) is 1.37. The lowest BCUT2D eigenvalue weighted by Crippen LogP contribution is -2.12. The van der Waals surface area contributed by atoms with Crippen molar-refractivity contribution < 1.29 is 18.4 Å². The van der Waals surface area contributed by atoms with Crippen molar-refractivity contribution >= 4 is 11.5 Å². The van der Waals surface area contributed by atoms with Crippen LogP contribution in [0, 0.1) is 17.5 Å². The van der Waals surface area contributed by atoms with E-state index in [2.05, 4.69) is 10.5 Å². The number of rotatable bonds is 6. The van der Waals surface area contributed by atoms with Crippen LogP contribution < -0.4 is 11.1 Å². The molecule has 0 atom stereocenters. The van der Waals surface area contributed by atoms with Crippen molar-refractivity contribution in [2.75, 3.05) is 11.9 Å². The smallest absolute Gasteiger partial charge is 0.196 e. The number of nitrogens with one attached hydrogen (secondary N) is 1. The molecule has 0 aliphatic heterocycles. The molecule has 4 nitrogen and oxygen atoms in total. The summed E-state index contributed by atoms with van der Waals surface area (Å²) in [7, 11) is 0. The number of halogens is 3. The SMILES string of the molecule is NC(CCCCNc1ccc(F)c(F)c1F)=NO. The standard InChI is InChI=1S/C11H14F3N3O/c12-7-4-5-8(11(14)10(7)13)16-6-2-1-3-9(15)17-18/h4-5,16,18H,1-3,6H2,(H2,15,17). The molecule has 7 heteroatoms. The Morgan fingerprint density at radius 1 is 1.22 bits per heavy atom. The number of unbranched alkanes of at least 4 members (excludes halogenated alkanes) is 1. The molecule has 0 spiro atoms. The molecule has 18 heavy (non-hydrogen) atoms. The maximum atomic E-state index is 13.2. The van der Waals surface area contributed by atoms with Crippen LogP contribution in [0.15, 0.2) is 17.3 Å². The zero-order valence-corrected chi connectivity index (χ0v) is 9.59. The van der Waals surface area contributed by atoms with Crippen LogP contribution in [-0.2, 0) is 0 Å². The van der Waals surface area contributed by atoms with Crippen molar-refractivity contribution in [2.45, 2.75) is 19.3 Å². The summed E-state index contributed by atoms with van der Waals surface area (Å²) in [5.41, 5.74) is 5.17. The highest BCUT2D eigenvalue weighted by atomic mass is 19.2. The highest BCUT2D eigenvalue weighted by Gasteiger charge is 2.12. The van der Waals surface area contributed by atoms with E-state index in [0.717, 1.165) is 12.1 Å². The van der Waals surface area contributed by atoms with Gasteiger partial charge in [0.05, 0.1) is 5.69 Å². The summed E-state index contributed by atoms with van der Waals surface area (Å²) in [4.78, 5) is 0. The molecule has 0 heterocycles. The number of benzene rings is 1. The molecular formula is C11H14F3N3O. The number of nitrogens with zero attached hydrogens (tertiary/aromatic N) is 1. The molecule has 0 unspecified atom stereocenters. The molecule has 100 valence electrons. The first-order valence-electron chi connectivity index (χ1n) is 5.40. The molecule has 1 aromatic rings. The van der Waals surface area contributed by atoms with Gasteiger partial charge in [-0.25, -0.2) is 13.2 Å². The fraction of sp³-hybridized carbons (Fsp3) is 0.364. The van der Waals surface area contributed by atoms with E-state index in [1.54, 1.807) is 0 Å². The Balaban J connectivity index is 2.38. The van der Waals surface area contributed by atoms with E-state index >= 15 is 0 Å². The Bertz CT molecular complexity index is 438. The van der Waals surface area contributed by atoms with Crippen LogP contribution in [0.2, 0.25) is 0 Å². The largest absolute Gasteiger partial charge is 0.409 e. The Morgan fingerprint density at radius 2 is 1.94 bits per heavy atom. The van der Waals surface area contributed by atoms with Crippen molar-refractivity contribution in [1.29, 1.82) is 0 Å². The van der Waals surface area contributed by atoms with Crippen LogP contribution in [0.4, 0.5) is 18.9 Å². The van der Waals surface area contributed by atoms with E-state index in [4.69, 9.17) is 10.9 Å². The quantitative estimate of drug-likeness (QED) is 0.184. The summed E-state index contributed by atoms with van der Waals surface area (Å²) in [6.45, 7) is 0.376. The van der Waals surface area contributed by atoms with Gasteiger partial charge in [-0.05, 0) is 25.0 Å². The second-order valence-electron chi connectivity index (χ2n) is 3.70. The maximum absolute atomic E-state index is 13.2. The summed E-state index contributed by atoms with van der Waals surface area (Å²) >= 11 is 0. The van der Waals surface area contributed by atoms with Crippen molar-refractivity contribution in [3.05, 3.63) is 29.6 Å². The van der Waals surface area contributed by atoms with Crippen LogP contribution in [0.3, 0.4) is 0 Å². The summed E-state index contributed by atoms with van der Waals surface area (Å²) in [5.74, 6) is -3.82. The number of amidine groups is 1. The molecule has 0 aliphatic carbocycles. The predicted octanol–water partition coefficient (Wildman–Crippen LogP) is 2.43. The maximum Gasteiger partial charge on any atom is 0.196 e. The third-order valence-electron chi connectivity index (χ3n) is 2.34. The fourth-order valence-corrected chi connectivity index (χ4v) is 1.37. The highest BCUT2D eigenvalue weighted by Crippen LogP contribution is 2.19. The van der Waals surface area contributed by atoms with Gasteiger partial charge in [0.2, 0.25) is 0 Å². The first kappa shape index (κ1) is 14.1. The van der Waals surface area contributed by atoms with Crippen molar-refractivity contribution in [3.8, 4) is 0 Å². The zero-order chi connectivity index (χ0) is 13.5. The van der Waals surface area contributed by atoms with Gasteiger partial charge in [0, 0.05) is 13.0 Å². The van der Waals surface area contributed by atoms with Crippen LogP contribution in [0.5, 0.6) is 0 Å². The molecule has 0 radical (unpaired) electrons. The normalized spacial score (nSPS) is 11.6. The lowest BCUT2D eigenvalue weighted by molar-refractivity contribution is 0.316. The van der Waals surface area contributed by atoms with Gasteiger partial charge >= 0.3 is 0 Å². The predicted molar refractivity (Wildman–Crippen MR) is 62.1 cm³/mol. The minimum absolute atomic E-state index is 0.0855. The molecule has 0 bridgehead atoms. The van der Waals surface area contributed by atoms with Gasteiger partial charge in [-0.15, -0.1) is 0 Å². The summed E-state index contributed by atoms with van der Waals surface area (Å²) in [6.07, 6.45) is 1.67. The molecule has 1 aromatic carbocycles. The first-order valence-corrected chi connectivity index (χ1v) is 5.40. The number of anilines is 1. The topological polar surface area (TPSA) is 70.6 Å². The summed E-state index contributed by atoms with van der Waals surface area (Å²) < 4.78 is 38.7. The number of hydrogen-bond donors (Lipinski definition) is 3. The van der Waals surface area contributed by atoms with Crippen molar-refractivity contribution in [3.63, 3.8) is 0 Å². The van der Waals surface area contributed by atoms with E-state index < -0.39 is 17.5 Å². The first-order chi connectivity index (χ1) is 8.56. The van der Waals surface area contributed by atoms with E-state index in [9.17, 15) is 13.2 Å². The molecule has 0 aromatic heterocycles. The van der Waals surface area contributed by atoms with Gasteiger partial charge in [-0.3, -0.25) is 0 Å². The monoisotopic (exact) mass is 261 g/mol. The molecule has 1 rings (SSSR count). The third kappa shape index (κ3) is 3.83. The van der Waals surface area contributed by atoms with Gasteiger partial charge in [0.25, 0.3) is 0 Å². The second-order valence-corrected chi connectivity index (χ2v) is 3.70. The number of hydrogen-bond acceptors (Lipinski definition) is 3. The Hall–Kier alpha value is -1.92. The average molecular weight is 261 g/mol. The Morgan fingerprint density at radius 3 is 2.61 bits per heavy atom. The lowest BCUT2D eigenvalue weighted by atomic mass is 10.2. The Kier molecular flexibility index (Phi) is 5.29. The molecule has 4 N–H and O–H groups in total. The molecule has 0 saturated heterocycles. The minimum Gasteiger partial charge on any atom is -0.409 e. The molecule has 0 fully saturated rings. The summed E-state index contributed by atoms with van der Waals surface area (Å²) in [5, 5.41) is 13.7. The van der Waals surface area contributed by atoms with E-state index in [-0.39, 0.29) is 11.5 Å². The van der Waals surface area contributed by atoms with E-state index in [1.807, 2.05) is 0 Å². The van der Waals surface area contributed by atoms with Crippen LogP contribution >= 0.6 is 0 Å². The minimum atomic E-state index is -1.49. The summed E-state index contributed by atoms with van der Waals surface area (Å²) in [6, 6.07) is 1.99. The zero-order valence-electron chi connectivity index (χ0n) is 9.59. The van der Waals surface area contributed by atoms with Gasteiger partial charge in [0.15, 0.2) is 17.5 Å². The van der Waals surface area contributed by atoms with Crippen LogP contribution in [-0.4, -0.2) is 17.6 Å². The van der Waals surface area contributed by atoms with E-state index in [0.29, 0.717) is 25.8 Å². The average Bonchev–Trinajstić information content (AvgIpc) is 2.37. The Labute approximate surface area is 102 Å². The molecule has 0 amide bonds. The second kappa shape index (κ2) is 6.73. The van der Waals surface area contributed by atoms with Gasteiger partial charge in [0.1, 0.15) is 5.84 Å². The van der Waals surface area contributed by atoms with E-state index in [1.165, 1.54) is 0 Å². The van der Waals surface area contributed by atoms with Crippen LogP contribution in [0.25, 0.3) is 0 Å². The molecule has 0 aliphatic rings. The highest BCUT2D eigenvalue weighted by molar-refractivity contribution is 5.79. The number of nitrogens with two attached hydrogens (primary N) is 1. The van der Waals surface area contributed by atoms with Gasteiger partial charge in [-0.2, -0.15) is 0 Å². The van der Waals surface area contributed by atoms with Crippen molar-refractivity contribution in [2.24, 2.45) is 10.9 Å². The van der Waals surface area contributed by atoms with Crippen LogP contribution in [0.1, 0.15) is 19.3 Å². The number of oxime groups is 1. The molecule has 0 saturated carbocycles. The third-order valence-corrected chi connectivity index (χ3v) is 2.34. The van der Waals surface area contributed by atoms with Crippen molar-refractivity contribution in [1.82, 2.24) is 0 Å². The van der Waals surface area contributed by atoms with Gasteiger partial charge in [-0.1, -0.05) is 5.16 Å². The van der Waals surface area contributed by atoms with Gasteiger partial charge < -0.3 is 16.3 Å². The lowest BCUT2D eigenvalue weighted by Gasteiger charge is -2.08. The molecular weight excluding hydrogens is 247 g/mol.